The van der Waals surface area contributed by atoms with E-state index in [0.29, 0.717) is 18.3 Å². The zero-order valence-electron chi connectivity index (χ0n) is 18.2. The first-order valence-electron chi connectivity index (χ1n) is 10.7. The predicted octanol–water partition coefficient (Wildman–Crippen LogP) is 2.42. The van der Waals surface area contributed by atoms with Gasteiger partial charge in [0, 0.05) is 38.3 Å². The van der Waals surface area contributed by atoms with Gasteiger partial charge in [-0.2, -0.15) is 0 Å². The molecule has 0 saturated heterocycles. The second kappa shape index (κ2) is 7.87. The molecule has 30 heavy (non-hydrogen) atoms. The van der Waals surface area contributed by atoms with Gasteiger partial charge in [-0.3, -0.25) is 14.5 Å². The standard InChI is InChI=1S/C23H31N5O2/c1-23(2,3)19(22(30)24-4)26-21(29)18-17-14-27(16-10-11-16)12-13-28(17)20(25-18)15-8-6-5-7-9-15/h5-9,16,19H,10-14H2,1-4H3,(H,24,30)(H,26,29)/t19-/m1/s1. The molecule has 1 fully saturated rings. The minimum Gasteiger partial charge on any atom is -0.357 e. The van der Waals surface area contributed by atoms with Gasteiger partial charge in [-0.05, 0) is 18.3 Å². The van der Waals surface area contributed by atoms with Crippen molar-refractivity contribution in [1.82, 2.24) is 25.1 Å². The average molecular weight is 410 g/mol. The van der Waals surface area contributed by atoms with Crippen molar-refractivity contribution in [2.24, 2.45) is 5.41 Å². The third-order valence-electron chi connectivity index (χ3n) is 6.00. The van der Waals surface area contributed by atoms with E-state index in [0.717, 1.165) is 30.2 Å². The number of aromatic nitrogens is 2. The van der Waals surface area contributed by atoms with Crippen LogP contribution >= 0.6 is 0 Å². The summed E-state index contributed by atoms with van der Waals surface area (Å²) in [6.45, 7) is 8.33. The molecular formula is C23H31N5O2. The lowest BCUT2D eigenvalue weighted by atomic mass is 9.86. The molecule has 0 spiro atoms. The fraction of sp³-hybridized carbons (Fsp3) is 0.522. The Morgan fingerprint density at radius 2 is 1.83 bits per heavy atom. The summed E-state index contributed by atoms with van der Waals surface area (Å²) in [6.07, 6.45) is 2.45. The topological polar surface area (TPSA) is 79.3 Å². The summed E-state index contributed by atoms with van der Waals surface area (Å²) >= 11 is 0. The number of benzene rings is 1. The zero-order chi connectivity index (χ0) is 21.5. The molecule has 7 nitrogen and oxygen atoms in total. The summed E-state index contributed by atoms with van der Waals surface area (Å²) in [6, 6.07) is 9.96. The van der Waals surface area contributed by atoms with Crippen LogP contribution in [0.25, 0.3) is 11.4 Å². The molecule has 2 amide bonds. The van der Waals surface area contributed by atoms with Crippen molar-refractivity contribution in [1.29, 1.82) is 0 Å². The number of likely N-dealkylation sites (N-methyl/N-ethyl adjacent to an activating group) is 1. The van der Waals surface area contributed by atoms with E-state index >= 15 is 0 Å². The maximum absolute atomic E-state index is 13.3. The molecule has 1 saturated carbocycles. The van der Waals surface area contributed by atoms with E-state index in [4.69, 9.17) is 4.98 Å². The molecule has 7 heteroatoms. The highest BCUT2D eigenvalue weighted by Crippen LogP contribution is 2.33. The fourth-order valence-corrected chi connectivity index (χ4v) is 4.15. The molecule has 1 aliphatic carbocycles. The maximum atomic E-state index is 13.3. The molecular weight excluding hydrogens is 378 g/mol. The van der Waals surface area contributed by atoms with Crippen molar-refractivity contribution in [3.63, 3.8) is 0 Å². The van der Waals surface area contributed by atoms with Crippen molar-refractivity contribution in [3.8, 4) is 11.4 Å². The number of rotatable bonds is 5. The molecule has 2 N–H and O–H groups in total. The average Bonchev–Trinajstić information content (AvgIpc) is 3.51. The molecule has 4 rings (SSSR count). The Labute approximate surface area is 177 Å². The second-order valence-corrected chi connectivity index (χ2v) is 9.34. The van der Waals surface area contributed by atoms with E-state index in [1.54, 1.807) is 7.05 Å². The van der Waals surface area contributed by atoms with Crippen LogP contribution < -0.4 is 10.6 Å². The number of imidazole rings is 1. The quantitative estimate of drug-likeness (QED) is 0.795. The molecule has 1 aromatic heterocycles. The molecule has 1 aromatic carbocycles. The van der Waals surface area contributed by atoms with Crippen LogP contribution in [-0.4, -0.2) is 51.9 Å². The highest BCUT2D eigenvalue weighted by atomic mass is 16.2. The van der Waals surface area contributed by atoms with Crippen LogP contribution in [0.2, 0.25) is 0 Å². The van der Waals surface area contributed by atoms with Crippen molar-refractivity contribution >= 4 is 11.8 Å². The number of amides is 2. The molecule has 0 bridgehead atoms. The second-order valence-electron chi connectivity index (χ2n) is 9.34. The Bertz CT molecular complexity index is 940. The van der Waals surface area contributed by atoms with Crippen LogP contribution in [0.15, 0.2) is 30.3 Å². The van der Waals surface area contributed by atoms with Crippen molar-refractivity contribution in [2.75, 3.05) is 13.6 Å². The van der Waals surface area contributed by atoms with Gasteiger partial charge in [0.25, 0.3) is 5.91 Å². The summed E-state index contributed by atoms with van der Waals surface area (Å²) in [5.41, 5.74) is 1.94. The Morgan fingerprint density at radius 1 is 1.13 bits per heavy atom. The Balaban J connectivity index is 1.70. The third-order valence-corrected chi connectivity index (χ3v) is 6.00. The van der Waals surface area contributed by atoms with Crippen molar-refractivity contribution in [2.45, 2.75) is 58.8 Å². The number of hydrogen-bond acceptors (Lipinski definition) is 4. The molecule has 0 radical (unpaired) electrons. The van der Waals surface area contributed by atoms with Gasteiger partial charge in [-0.25, -0.2) is 4.98 Å². The van der Waals surface area contributed by atoms with Gasteiger partial charge in [-0.15, -0.1) is 0 Å². The lowest BCUT2D eigenvalue weighted by Gasteiger charge is -2.31. The van der Waals surface area contributed by atoms with E-state index < -0.39 is 11.5 Å². The van der Waals surface area contributed by atoms with Crippen molar-refractivity contribution < 1.29 is 9.59 Å². The maximum Gasteiger partial charge on any atom is 0.272 e. The Hall–Kier alpha value is -2.67. The van der Waals surface area contributed by atoms with Crippen molar-refractivity contribution in [3.05, 3.63) is 41.7 Å². The van der Waals surface area contributed by atoms with Crippen LogP contribution in [0.1, 0.15) is 49.8 Å². The van der Waals surface area contributed by atoms with E-state index in [1.165, 1.54) is 12.8 Å². The fourth-order valence-electron chi connectivity index (χ4n) is 4.15. The summed E-state index contributed by atoms with van der Waals surface area (Å²) in [7, 11) is 1.59. The number of carbonyl (C=O) groups excluding carboxylic acids is 2. The van der Waals surface area contributed by atoms with Crippen LogP contribution in [0, 0.1) is 5.41 Å². The van der Waals surface area contributed by atoms with Gasteiger partial charge >= 0.3 is 0 Å². The summed E-state index contributed by atoms with van der Waals surface area (Å²) in [5.74, 6) is 0.326. The molecule has 2 aliphatic rings. The smallest absolute Gasteiger partial charge is 0.272 e. The lowest BCUT2D eigenvalue weighted by molar-refractivity contribution is -0.124. The van der Waals surface area contributed by atoms with E-state index in [1.807, 2.05) is 51.1 Å². The lowest BCUT2D eigenvalue weighted by Crippen LogP contribution is -2.53. The van der Waals surface area contributed by atoms with Gasteiger partial charge < -0.3 is 15.2 Å². The third kappa shape index (κ3) is 3.99. The first-order valence-corrected chi connectivity index (χ1v) is 10.7. The number of nitrogens with one attached hydrogen (secondary N) is 2. The number of fused-ring (bicyclic) bond motifs is 1. The predicted molar refractivity (Wildman–Crippen MR) is 116 cm³/mol. The largest absolute Gasteiger partial charge is 0.357 e. The van der Waals surface area contributed by atoms with Gasteiger partial charge in [0.2, 0.25) is 5.91 Å². The molecule has 160 valence electrons. The van der Waals surface area contributed by atoms with Crippen LogP contribution in [0.3, 0.4) is 0 Å². The van der Waals surface area contributed by atoms with Crippen LogP contribution in [-0.2, 0) is 17.9 Å². The minimum absolute atomic E-state index is 0.202. The summed E-state index contributed by atoms with van der Waals surface area (Å²) in [5, 5.41) is 5.62. The normalized spacial score (nSPS) is 17.9. The van der Waals surface area contributed by atoms with Crippen LogP contribution in [0.4, 0.5) is 0 Å². The Morgan fingerprint density at radius 3 is 2.43 bits per heavy atom. The van der Waals surface area contributed by atoms with Gasteiger partial charge in [-0.1, -0.05) is 51.1 Å². The zero-order valence-corrected chi connectivity index (χ0v) is 18.2. The number of carbonyl (C=O) groups is 2. The van der Waals surface area contributed by atoms with Gasteiger partial charge in [0.1, 0.15) is 11.9 Å². The van der Waals surface area contributed by atoms with Crippen LogP contribution in [0.5, 0.6) is 0 Å². The first-order chi connectivity index (χ1) is 14.3. The van der Waals surface area contributed by atoms with Gasteiger partial charge in [0.05, 0.1) is 5.69 Å². The molecule has 2 aromatic rings. The Kier molecular flexibility index (Phi) is 5.40. The monoisotopic (exact) mass is 409 g/mol. The minimum atomic E-state index is -0.643. The highest BCUT2D eigenvalue weighted by Gasteiger charge is 2.37. The number of hydrogen-bond donors (Lipinski definition) is 2. The summed E-state index contributed by atoms with van der Waals surface area (Å²) in [4.78, 5) is 33.0. The molecule has 1 aliphatic heterocycles. The van der Waals surface area contributed by atoms with E-state index in [-0.39, 0.29) is 11.8 Å². The first kappa shape index (κ1) is 20.6. The summed E-state index contributed by atoms with van der Waals surface area (Å²) < 4.78 is 2.18. The highest BCUT2D eigenvalue weighted by molar-refractivity contribution is 5.97. The van der Waals surface area contributed by atoms with Gasteiger partial charge in [0.15, 0.2) is 5.69 Å². The molecule has 1 atom stereocenters. The molecule has 0 unspecified atom stereocenters. The SMILES string of the molecule is CNC(=O)[C@@H](NC(=O)c1nc(-c2ccccc2)n2c1CN(C1CC1)CC2)C(C)(C)C. The van der Waals surface area contributed by atoms with E-state index in [9.17, 15) is 9.59 Å². The van der Waals surface area contributed by atoms with E-state index in [2.05, 4.69) is 20.1 Å². The number of nitrogens with zero attached hydrogens (tertiary/aromatic N) is 3. The molecule has 2 heterocycles.